The Morgan fingerprint density at radius 1 is 1.20 bits per heavy atom. The summed E-state index contributed by atoms with van der Waals surface area (Å²) in [7, 11) is 0. The Kier molecular flexibility index (Phi) is 6.62. The highest BCUT2D eigenvalue weighted by molar-refractivity contribution is 5.93. The Hall–Kier alpha value is -2.77. The lowest BCUT2D eigenvalue weighted by atomic mass is 10.1. The standard InChI is InChI=1S/C17H22N2O6/c1-2-24-17(23)19-9-7-12(8-10-19)18-15(21)11-25-16(22)13-5-3-4-6-14(13)20/h3-6,12,20H,2,7-11H2,1H3,(H,18,21). The summed E-state index contributed by atoms with van der Waals surface area (Å²) in [4.78, 5) is 36.9. The van der Waals surface area contributed by atoms with Crippen molar-refractivity contribution in [3.63, 3.8) is 0 Å². The fourth-order valence-corrected chi connectivity index (χ4v) is 2.55. The molecule has 2 N–H and O–H groups in total. The van der Waals surface area contributed by atoms with Gasteiger partial charge in [0.1, 0.15) is 11.3 Å². The van der Waals surface area contributed by atoms with Gasteiger partial charge in [0, 0.05) is 19.1 Å². The molecular formula is C17H22N2O6. The Bertz CT molecular complexity index is 625. The number of nitrogens with zero attached hydrogens (tertiary/aromatic N) is 1. The van der Waals surface area contributed by atoms with Gasteiger partial charge in [0.15, 0.2) is 6.61 Å². The van der Waals surface area contributed by atoms with E-state index in [4.69, 9.17) is 9.47 Å². The molecule has 8 heteroatoms. The average molecular weight is 350 g/mol. The summed E-state index contributed by atoms with van der Waals surface area (Å²) in [6.07, 6.45) is 0.875. The van der Waals surface area contributed by atoms with Gasteiger partial charge in [0.2, 0.25) is 0 Å². The molecule has 1 saturated heterocycles. The van der Waals surface area contributed by atoms with Crippen molar-refractivity contribution in [2.75, 3.05) is 26.3 Å². The van der Waals surface area contributed by atoms with Crippen LogP contribution in [0.25, 0.3) is 0 Å². The van der Waals surface area contributed by atoms with Gasteiger partial charge in [-0.2, -0.15) is 0 Å². The van der Waals surface area contributed by atoms with Crippen LogP contribution in [0.3, 0.4) is 0 Å². The lowest BCUT2D eigenvalue weighted by Gasteiger charge is -2.31. The molecule has 1 aromatic rings. The molecule has 1 aliphatic heterocycles. The third kappa shape index (κ3) is 5.37. The topological polar surface area (TPSA) is 105 Å². The fraction of sp³-hybridized carbons (Fsp3) is 0.471. The molecule has 0 spiro atoms. The molecule has 136 valence electrons. The summed E-state index contributed by atoms with van der Waals surface area (Å²) in [5.41, 5.74) is 0.0121. The number of likely N-dealkylation sites (tertiary alicyclic amines) is 1. The number of carbonyl (C=O) groups excluding carboxylic acids is 3. The van der Waals surface area contributed by atoms with Gasteiger partial charge < -0.3 is 24.8 Å². The smallest absolute Gasteiger partial charge is 0.409 e. The van der Waals surface area contributed by atoms with Crippen LogP contribution in [0.4, 0.5) is 4.79 Å². The van der Waals surface area contributed by atoms with Crippen molar-refractivity contribution in [3.8, 4) is 5.75 Å². The van der Waals surface area contributed by atoms with Gasteiger partial charge in [-0.15, -0.1) is 0 Å². The summed E-state index contributed by atoms with van der Waals surface area (Å²) in [5, 5.41) is 12.3. The van der Waals surface area contributed by atoms with Crippen molar-refractivity contribution >= 4 is 18.0 Å². The van der Waals surface area contributed by atoms with Crippen molar-refractivity contribution in [1.29, 1.82) is 0 Å². The summed E-state index contributed by atoms with van der Waals surface area (Å²) in [5.74, 6) is -1.37. The quantitative estimate of drug-likeness (QED) is 0.775. The zero-order valence-corrected chi connectivity index (χ0v) is 14.1. The molecule has 0 unspecified atom stereocenters. The van der Waals surface area contributed by atoms with Crippen LogP contribution in [0, 0.1) is 0 Å². The van der Waals surface area contributed by atoms with E-state index in [1.54, 1.807) is 24.0 Å². The number of amides is 2. The van der Waals surface area contributed by atoms with E-state index in [9.17, 15) is 19.5 Å². The zero-order chi connectivity index (χ0) is 18.2. The lowest BCUT2D eigenvalue weighted by molar-refractivity contribution is -0.125. The average Bonchev–Trinajstić information content (AvgIpc) is 2.61. The second-order valence-electron chi connectivity index (χ2n) is 5.62. The maximum absolute atomic E-state index is 11.9. The van der Waals surface area contributed by atoms with E-state index in [-0.39, 0.29) is 23.4 Å². The number of rotatable bonds is 5. The lowest BCUT2D eigenvalue weighted by Crippen LogP contribution is -2.47. The second-order valence-corrected chi connectivity index (χ2v) is 5.62. The van der Waals surface area contributed by atoms with Crippen molar-refractivity contribution in [2.45, 2.75) is 25.8 Å². The van der Waals surface area contributed by atoms with E-state index in [1.807, 2.05) is 0 Å². The third-order valence-electron chi connectivity index (χ3n) is 3.84. The first kappa shape index (κ1) is 18.6. The number of para-hydroxylation sites is 1. The number of nitrogens with one attached hydrogen (secondary N) is 1. The van der Waals surface area contributed by atoms with Crippen molar-refractivity contribution < 1.29 is 29.0 Å². The maximum atomic E-state index is 11.9. The van der Waals surface area contributed by atoms with Crippen LogP contribution in [0.2, 0.25) is 0 Å². The second kappa shape index (κ2) is 8.91. The van der Waals surface area contributed by atoms with E-state index in [1.165, 1.54) is 12.1 Å². The predicted molar refractivity (Wildman–Crippen MR) is 88.1 cm³/mol. The summed E-state index contributed by atoms with van der Waals surface area (Å²) >= 11 is 0. The number of carbonyl (C=O) groups is 3. The number of piperidine rings is 1. The zero-order valence-electron chi connectivity index (χ0n) is 14.1. The number of ether oxygens (including phenoxy) is 2. The van der Waals surface area contributed by atoms with Crippen LogP contribution in [0.5, 0.6) is 5.75 Å². The van der Waals surface area contributed by atoms with Crippen LogP contribution in [-0.4, -0.2) is 60.3 Å². The first-order valence-electron chi connectivity index (χ1n) is 8.17. The SMILES string of the molecule is CCOC(=O)N1CCC(NC(=O)COC(=O)c2ccccc2O)CC1. The molecule has 0 aliphatic carbocycles. The highest BCUT2D eigenvalue weighted by atomic mass is 16.6. The maximum Gasteiger partial charge on any atom is 0.409 e. The van der Waals surface area contributed by atoms with Crippen molar-refractivity contribution in [2.24, 2.45) is 0 Å². The van der Waals surface area contributed by atoms with Gasteiger partial charge in [-0.05, 0) is 31.9 Å². The van der Waals surface area contributed by atoms with E-state index in [2.05, 4.69) is 5.32 Å². The minimum absolute atomic E-state index is 0.0121. The van der Waals surface area contributed by atoms with Gasteiger partial charge in [-0.25, -0.2) is 9.59 Å². The molecule has 2 amide bonds. The highest BCUT2D eigenvalue weighted by Gasteiger charge is 2.24. The first-order valence-corrected chi connectivity index (χ1v) is 8.17. The molecular weight excluding hydrogens is 328 g/mol. The Morgan fingerprint density at radius 3 is 2.52 bits per heavy atom. The van der Waals surface area contributed by atoms with E-state index in [0.717, 1.165) is 0 Å². The number of benzene rings is 1. The minimum Gasteiger partial charge on any atom is -0.507 e. The van der Waals surface area contributed by atoms with Gasteiger partial charge in [-0.3, -0.25) is 4.79 Å². The van der Waals surface area contributed by atoms with Crippen molar-refractivity contribution in [1.82, 2.24) is 10.2 Å². The normalized spacial score (nSPS) is 14.7. The molecule has 2 rings (SSSR count). The van der Waals surface area contributed by atoms with Crippen LogP contribution < -0.4 is 5.32 Å². The summed E-state index contributed by atoms with van der Waals surface area (Å²) in [6.45, 7) is 2.66. The number of aromatic hydroxyl groups is 1. The molecule has 1 fully saturated rings. The van der Waals surface area contributed by atoms with E-state index >= 15 is 0 Å². The molecule has 1 heterocycles. The first-order chi connectivity index (χ1) is 12.0. The van der Waals surface area contributed by atoms with Crippen LogP contribution >= 0.6 is 0 Å². The van der Waals surface area contributed by atoms with Gasteiger partial charge in [-0.1, -0.05) is 12.1 Å². The molecule has 0 bridgehead atoms. The fourth-order valence-electron chi connectivity index (χ4n) is 2.55. The van der Waals surface area contributed by atoms with E-state index in [0.29, 0.717) is 32.5 Å². The molecule has 25 heavy (non-hydrogen) atoms. The largest absolute Gasteiger partial charge is 0.507 e. The van der Waals surface area contributed by atoms with Crippen molar-refractivity contribution in [3.05, 3.63) is 29.8 Å². The molecule has 0 saturated carbocycles. The summed E-state index contributed by atoms with van der Waals surface area (Å²) in [6, 6.07) is 5.88. The molecule has 0 aromatic heterocycles. The van der Waals surface area contributed by atoms with Gasteiger partial charge in [0.05, 0.1) is 6.61 Å². The van der Waals surface area contributed by atoms with Gasteiger partial charge >= 0.3 is 12.1 Å². The Morgan fingerprint density at radius 2 is 1.88 bits per heavy atom. The number of hydrogen-bond donors (Lipinski definition) is 2. The van der Waals surface area contributed by atoms with E-state index < -0.39 is 18.5 Å². The molecule has 8 nitrogen and oxygen atoms in total. The molecule has 1 aliphatic rings. The summed E-state index contributed by atoms with van der Waals surface area (Å²) < 4.78 is 9.84. The Labute approximate surface area is 145 Å². The van der Waals surface area contributed by atoms with Crippen LogP contribution in [0.1, 0.15) is 30.1 Å². The predicted octanol–water partition coefficient (Wildman–Crippen LogP) is 1.29. The minimum atomic E-state index is -0.759. The number of phenolic OH excluding ortho intramolecular Hbond substituents is 1. The monoisotopic (exact) mass is 350 g/mol. The number of hydrogen-bond acceptors (Lipinski definition) is 6. The van der Waals surface area contributed by atoms with Crippen LogP contribution in [-0.2, 0) is 14.3 Å². The highest BCUT2D eigenvalue weighted by Crippen LogP contribution is 2.16. The third-order valence-corrected chi connectivity index (χ3v) is 3.84. The van der Waals surface area contributed by atoms with Gasteiger partial charge in [0.25, 0.3) is 5.91 Å². The number of esters is 1. The Balaban J connectivity index is 1.72. The molecule has 1 aromatic carbocycles. The molecule has 0 radical (unpaired) electrons. The molecule has 0 atom stereocenters. The van der Waals surface area contributed by atoms with Crippen LogP contribution in [0.15, 0.2) is 24.3 Å². The number of phenols is 1.